The normalized spacial score (nSPS) is 20.4. The molecule has 2 nitrogen and oxygen atoms in total. The Bertz CT molecular complexity index is 696. The summed E-state index contributed by atoms with van der Waals surface area (Å²) in [5.74, 6) is 0.834. The van der Waals surface area contributed by atoms with Crippen molar-refractivity contribution in [1.82, 2.24) is 0 Å². The second-order valence-corrected chi connectivity index (χ2v) is 6.38. The fraction of sp³-hybridized carbons (Fsp3) is 0.333. The minimum absolute atomic E-state index is 0.132. The molecule has 2 aromatic carbocycles. The van der Waals surface area contributed by atoms with Gasteiger partial charge in [-0.3, -0.25) is 0 Å². The van der Waals surface area contributed by atoms with E-state index < -0.39 is 0 Å². The molecule has 0 heterocycles. The zero-order valence-corrected chi connectivity index (χ0v) is 13.3. The first-order chi connectivity index (χ1) is 9.99. The van der Waals surface area contributed by atoms with Gasteiger partial charge in [-0.25, -0.2) is 0 Å². The van der Waals surface area contributed by atoms with Crippen molar-refractivity contribution in [3.05, 3.63) is 57.6 Å². The predicted octanol–water partition coefficient (Wildman–Crippen LogP) is 5.32. The van der Waals surface area contributed by atoms with Crippen molar-refractivity contribution in [3.8, 4) is 5.75 Å². The number of halogens is 1. The first-order valence-electron chi connectivity index (χ1n) is 7.33. The average Bonchev–Trinajstić information content (AvgIpc) is 2.77. The molecule has 3 heteroatoms. The van der Waals surface area contributed by atoms with E-state index in [-0.39, 0.29) is 6.04 Å². The number of rotatable bonds is 2. The number of fused-ring (bicyclic) bond motifs is 1. The van der Waals surface area contributed by atoms with Gasteiger partial charge in [0.05, 0.1) is 6.04 Å². The highest BCUT2D eigenvalue weighted by molar-refractivity contribution is 6.31. The Kier molecular flexibility index (Phi) is 3.58. The topological polar surface area (TPSA) is 32.3 Å². The van der Waals surface area contributed by atoms with E-state index in [1.54, 1.807) is 6.07 Å². The van der Waals surface area contributed by atoms with Crippen LogP contribution in [0, 0.1) is 13.8 Å². The molecule has 3 rings (SSSR count). The largest absolute Gasteiger partial charge is 0.508 e. The summed E-state index contributed by atoms with van der Waals surface area (Å²) < 4.78 is 0. The lowest BCUT2D eigenvalue weighted by Crippen LogP contribution is -2.08. The number of hydrogen-bond acceptors (Lipinski definition) is 2. The minimum Gasteiger partial charge on any atom is -0.508 e. The highest BCUT2D eigenvalue weighted by Gasteiger charge is 2.32. The Morgan fingerprint density at radius 1 is 1.14 bits per heavy atom. The fourth-order valence-electron chi connectivity index (χ4n) is 3.43. The van der Waals surface area contributed by atoms with Crippen LogP contribution >= 0.6 is 11.6 Å². The van der Waals surface area contributed by atoms with Crippen molar-refractivity contribution in [2.24, 2.45) is 0 Å². The van der Waals surface area contributed by atoms with E-state index in [0.717, 1.165) is 28.3 Å². The predicted molar refractivity (Wildman–Crippen MR) is 88.4 cm³/mol. The molecule has 0 aliphatic heterocycles. The standard InChI is InChI=1S/C18H20ClNO/c1-10-7-8-16(21)18-15(9-11(2)17(10)18)20-14-6-4-5-13(19)12(14)3/h4-8,11,15,20-21H,9H2,1-3H3. The molecule has 0 radical (unpaired) electrons. The zero-order chi connectivity index (χ0) is 15.1. The smallest absolute Gasteiger partial charge is 0.121 e. The number of benzene rings is 2. The second kappa shape index (κ2) is 5.27. The average molecular weight is 302 g/mol. The summed E-state index contributed by atoms with van der Waals surface area (Å²) in [4.78, 5) is 0. The maximum Gasteiger partial charge on any atom is 0.121 e. The fourth-order valence-corrected chi connectivity index (χ4v) is 3.60. The number of hydrogen-bond donors (Lipinski definition) is 2. The molecule has 0 fully saturated rings. The van der Waals surface area contributed by atoms with Crippen molar-refractivity contribution < 1.29 is 5.11 Å². The van der Waals surface area contributed by atoms with Crippen LogP contribution in [0.4, 0.5) is 5.69 Å². The first-order valence-corrected chi connectivity index (χ1v) is 7.71. The summed E-state index contributed by atoms with van der Waals surface area (Å²) in [7, 11) is 0. The molecular formula is C18H20ClNO. The molecule has 2 atom stereocenters. The number of nitrogens with one attached hydrogen (secondary N) is 1. The van der Waals surface area contributed by atoms with Crippen LogP contribution in [-0.4, -0.2) is 5.11 Å². The number of aromatic hydroxyl groups is 1. The van der Waals surface area contributed by atoms with E-state index in [0.29, 0.717) is 11.7 Å². The summed E-state index contributed by atoms with van der Waals surface area (Å²) in [6.07, 6.45) is 0.986. The van der Waals surface area contributed by atoms with Gasteiger partial charge in [-0.15, -0.1) is 0 Å². The lowest BCUT2D eigenvalue weighted by Gasteiger charge is -2.19. The van der Waals surface area contributed by atoms with Crippen molar-refractivity contribution in [2.45, 2.75) is 39.2 Å². The van der Waals surface area contributed by atoms with E-state index >= 15 is 0 Å². The Labute approximate surface area is 130 Å². The second-order valence-electron chi connectivity index (χ2n) is 5.98. The SMILES string of the molecule is Cc1ccc(O)c2c1C(C)CC2Nc1cccc(Cl)c1C. The van der Waals surface area contributed by atoms with Crippen molar-refractivity contribution >= 4 is 17.3 Å². The molecule has 21 heavy (non-hydrogen) atoms. The van der Waals surface area contributed by atoms with E-state index in [1.165, 1.54) is 11.1 Å². The van der Waals surface area contributed by atoms with Crippen LogP contribution in [-0.2, 0) is 0 Å². The third-order valence-corrected chi connectivity index (χ3v) is 4.92. The molecule has 1 aliphatic carbocycles. The van der Waals surface area contributed by atoms with Crippen LogP contribution in [0.1, 0.15) is 47.6 Å². The van der Waals surface area contributed by atoms with Gasteiger partial charge < -0.3 is 10.4 Å². The number of anilines is 1. The Balaban J connectivity index is 2.00. The van der Waals surface area contributed by atoms with Gasteiger partial charge in [-0.1, -0.05) is 30.7 Å². The highest BCUT2D eigenvalue weighted by Crippen LogP contribution is 2.47. The number of phenolic OH excluding ortho intramolecular Hbond substituents is 1. The monoisotopic (exact) mass is 301 g/mol. The van der Waals surface area contributed by atoms with Crippen molar-refractivity contribution in [3.63, 3.8) is 0 Å². The molecule has 0 spiro atoms. The van der Waals surface area contributed by atoms with E-state index in [4.69, 9.17) is 11.6 Å². The molecule has 0 saturated heterocycles. The lowest BCUT2D eigenvalue weighted by molar-refractivity contribution is 0.465. The van der Waals surface area contributed by atoms with Crippen LogP contribution < -0.4 is 5.32 Å². The molecule has 2 unspecified atom stereocenters. The summed E-state index contributed by atoms with van der Waals surface area (Å²) in [6.45, 7) is 6.35. The van der Waals surface area contributed by atoms with Crippen molar-refractivity contribution in [1.29, 1.82) is 0 Å². The molecular weight excluding hydrogens is 282 g/mol. The van der Waals surface area contributed by atoms with Gasteiger partial charge in [0.1, 0.15) is 5.75 Å². The Morgan fingerprint density at radius 2 is 1.90 bits per heavy atom. The van der Waals surface area contributed by atoms with E-state index in [9.17, 15) is 5.11 Å². The molecule has 0 aromatic heterocycles. The number of aryl methyl sites for hydroxylation is 1. The minimum atomic E-state index is 0.132. The van der Waals surface area contributed by atoms with Gasteiger partial charge in [0.15, 0.2) is 0 Å². The third kappa shape index (κ3) is 2.38. The van der Waals surface area contributed by atoms with E-state index in [2.05, 4.69) is 19.2 Å². The summed E-state index contributed by atoms with van der Waals surface area (Å²) >= 11 is 6.20. The molecule has 0 saturated carbocycles. The lowest BCUT2D eigenvalue weighted by atomic mass is 9.97. The Morgan fingerprint density at radius 3 is 2.67 bits per heavy atom. The molecule has 0 bridgehead atoms. The van der Waals surface area contributed by atoms with Crippen LogP contribution in [0.5, 0.6) is 5.75 Å². The van der Waals surface area contributed by atoms with Crippen LogP contribution in [0.3, 0.4) is 0 Å². The first kappa shape index (κ1) is 14.3. The van der Waals surface area contributed by atoms with Gasteiger partial charge in [0, 0.05) is 16.3 Å². The quantitative estimate of drug-likeness (QED) is 0.786. The highest BCUT2D eigenvalue weighted by atomic mass is 35.5. The van der Waals surface area contributed by atoms with Crippen LogP contribution in [0.2, 0.25) is 5.02 Å². The van der Waals surface area contributed by atoms with Gasteiger partial charge in [0.2, 0.25) is 0 Å². The maximum absolute atomic E-state index is 10.3. The van der Waals surface area contributed by atoms with Crippen LogP contribution in [0.15, 0.2) is 30.3 Å². The summed E-state index contributed by atoms with van der Waals surface area (Å²) in [5, 5.41) is 14.6. The van der Waals surface area contributed by atoms with Crippen molar-refractivity contribution in [2.75, 3.05) is 5.32 Å². The molecule has 2 aromatic rings. The van der Waals surface area contributed by atoms with Gasteiger partial charge in [-0.2, -0.15) is 0 Å². The third-order valence-electron chi connectivity index (χ3n) is 4.51. The van der Waals surface area contributed by atoms with Gasteiger partial charge >= 0.3 is 0 Å². The molecule has 1 aliphatic rings. The maximum atomic E-state index is 10.3. The number of phenols is 1. The summed E-state index contributed by atoms with van der Waals surface area (Å²) in [5.41, 5.74) is 5.66. The molecule has 110 valence electrons. The summed E-state index contributed by atoms with van der Waals surface area (Å²) in [6, 6.07) is 9.81. The van der Waals surface area contributed by atoms with Gasteiger partial charge in [-0.05, 0) is 61.1 Å². The van der Waals surface area contributed by atoms with E-state index in [1.807, 2.05) is 31.2 Å². The van der Waals surface area contributed by atoms with Crippen LogP contribution in [0.25, 0.3) is 0 Å². The zero-order valence-electron chi connectivity index (χ0n) is 12.6. The van der Waals surface area contributed by atoms with Gasteiger partial charge in [0.25, 0.3) is 0 Å². The molecule has 0 amide bonds. The Hall–Kier alpha value is -1.67. The molecule has 2 N–H and O–H groups in total.